The number of rotatable bonds is 9. The summed E-state index contributed by atoms with van der Waals surface area (Å²) in [5, 5.41) is 2.37. The van der Waals surface area contributed by atoms with E-state index in [0.717, 1.165) is 51.0 Å². The Morgan fingerprint density at radius 3 is 1.59 bits per heavy atom. The monoisotopic (exact) mass is 939 g/mol. The maximum atomic E-state index is 7.36. The highest BCUT2D eigenvalue weighted by atomic mass is 16.5. The number of para-hydroxylation sites is 1. The number of hydrogen-bond donors (Lipinski definition) is 0. The Morgan fingerprint density at radius 1 is 0.465 bits per heavy atom. The first-order chi connectivity index (χ1) is 33.2. The summed E-state index contributed by atoms with van der Waals surface area (Å²) in [5.74, 6) is 2.40. The lowest BCUT2D eigenvalue weighted by Gasteiger charge is -2.29. The van der Waals surface area contributed by atoms with E-state index in [0.29, 0.717) is 0 Å². The van der Waals surface area contributed by atoms with E-state index in [9.17, 15) is 0 Å². The molecule has 0 amide bonds. The Balaban J connectivity index is 1.29. The molecular formula is C66H74N4O. The topological polar surface area (TPSA) is 35.9 Å². The fourth-order valence-corrected chi connectivity index (χ4v) is 9.99. The van der Waals surface area contributed by atoms with Crippen LogP contribution in [0.2, 0.25) is 0 Å². The van der Waals surface area contributed by atoms with Gasteiger partial charge in [-0.15, -0.1) is 0 Å². The van der Waals surface area contributed by atoms with E-state index in [1.54, 1.807) is 0 Å². The summed E-state index contributed by atoms with van der Waals surface area (Å²) in [6.45, 7) is 36.7. The number of hydrogen-bond acceptors (Lipinski definition) is 2. The quantitative estimate of drug-likeness (QED) is 0.107. The van der Waals surface area contributed by atoms with Crippen molar-refractivity contribution in [2.24, 2.45) is 0 Å². The first-order valence-electron chi connectivity index (χ1n) is 25.4. The van der Waals surface area contributed by atoms with Crippen LogP contribution in [-0.4, -0.2) is 14.1 Å². The summed E-state index contributed by atoms with van der Waals surface area (Å²) >= 11 is 0. The normalized spacial score (nSPS) is 13.1. The van der Waals surface area contributed by atoms with Crippen LogP contribution in [0.1, 0.15) is 155 Å². The average Bonchev–Trinajstić information content (AvgIpc) is 3.92. The Bertz CT molecular complexity index is 3380. The van der Waals surface area contributed by atoms with Crippen molar-refractivity contribution in [2.75, 3.05) is 0 Å². The van der Waals surface area contributed by atoms with E-state index in [1.165, 1.54) is 44.2 Å². The van der Waals surface area contributed by atoms with Gasteiger partial charge in [-0.25, -0.2) is 4.98 Å². The Morgan fingerprint density at radius 2 is 1.00 bits per heavy atom. The summed E-state index contributed by atoms with van der Waals surface area (Å²) in [4.78, 5) is 5.06. The second-order valence-corrected chi connectivity index (χ2v) is 25.0. The molecule has 6 aromatic carbocycles. The molecule has 0 bridgehead atoms. The Kier molecular flexibility index (Phi) is 12.2. The summed E-state index contributed by atoms with van der Waals surface area (Å²) < 4.78 is 14.2. The SMILES string of the molecule is CC(C)(C)c1cc(Oc2cc(C(C)(C)c3ccccc3)c3c4ccccc4n(-c4cc(C(C)(C)C)ccn4)c3c2)cc(-n2[c-][n+](-c3cc(C(C)(C)C)cc(C(C)(C)C)c3)cc2C(C)(C)c2ccccc2)c1. The fraction of sp³-hybridized carbons (Fsp3) is 0.333. The minimum atomic E-state index is -0.398. The highest BCUT2D eigenvalue weighted by Gasteiger charge is 2.32. The van der Waals surface area contributed by atoms with Crippen molar-refractivity contribution < 1.29 is 9.30 Å². The molecule has 0 saturated carbocycles. The van der Waals surface area contributed by atoms with Crippen LogP contribution in [0.3, 0.4) is 0 Å². The summed E-state index contributed by atoms with van der Waals surface area (Å²) in [6.07, 6.45) is 8.15. The number of fused-ring (bicyclic) bond motifs is 3. The van der Waals surface area contributed by atoms with Gasteiger partial charge in [0.2, 0.25) is 0 Å². The van der Waals surface area contributed by atoms with Crippen molar-refractivity contribution in [3.05, 3.63) is 209 Å². The predicted octanol–water partition coefficient (Wildman–Crippen LogP) is 16.7. The van der Waals surface area contributed by atoms with Gasteiger partial charge in [-0.2, -0.15) is 0 Å². The minimum Gasteiger partial charge on any atom is -0.458 e. The number of aromatic nitrogens is 4. The van der Waals surface area contributed by atoms with Crippen LogP contribution in [0.5, 0.6) is 11.5 Å². The minimum absolute atomic E-state index is 0.0426. The van der Waals surface area contributed by atoms with Crippen LogP contribution in [0.15, 0.2) is 158 Å². The van der Waals surface area contributed by atoms with E-state index < -0.39 is 10.8 Å². The predicted molar refractivity (Wildman–Crippen MR) is 297 cm³/mol. The zero-order valence-electron chi connectivity index (χ0n) is 45.2. The van der Waals surface area contributed by atoms with E-state index in [2.05, 4.69) is 283 Å². The Labute approximate surface area is 424 Å². The molecule has 3 aromatic heterocycles. The van der Waals surface area contributed by atoms with Crippen LogP contribution in [0.25, 0.3) is 39.0 Å². The first-order valence-corrected chi connectivity index (χ1v) is 25.4. The maximum absolute atomic E-state index is 7.36. The second-order valence-electron chi connectivity index (χ2n) is 25.0. The molecule has 0 aliphatic heterocycles. The van der Waals surface area contributed by atoms with Crippen molar-refractivity contribution in [2.45, 2.75) is 143 Å². The van der Waals surface area contributed by atoms with Crippen molar-refractivity contribution in [1.29, 1.82) is 0 Å². The van der Waals surface area contributed by atoms with E-state index >= 15 is 0 Å². The number of imidazole rings is 1. The lowest BCUT2D eigenvalue weighted by Crippen LogP contribution is -2.30. The molecule has 0 fully saturated rings. The highest BCUT2D eigenvalue weighted by molar-refractivity contribution is 6.11. The van der Waals surface area contributed by atoms with Gasteiger partial charge in [-0.3, -0.25) is 13.7 Å². The van der Waals surface area contributed by atoms with Gasteiger partial charge < -0.3 is 4.74 Å². The van der Waals surface area contributed by atoms with E-state index in [4.69, 9.17) is 9.72 Å². The lowest BCUT2D eigenvalue weighted by molar-refractivity contribution is -0.599. The van der Waals surface area contributed by atoms with Crippen LogP contribution in [-0.2, 0) is 32.5 Å². The number of benzene rings is 6. The van der Waals surface area contributed by atoms with Crippen LogP contribution >= 0.6 is 0 Å². The van der Waals surface area contributed by atoms with Gasteiger partial charge >= 0.3 is 0 Å². The standard InChI is InChI=1S/C66H74N4O/c1-61(2,3)46-31-32-67-59(38-46)70-56-30-24-23-29-54(56)60-55(65(13,14)44-25-19-17-20-26-44)40-53(41-57(60)70)71-52-37-49(64(10,11)12)36-51(39-52)69-43-68(42-58(69)66(15,16)45-27-21-18-22-28-45)50-34-47(62(4,5)6)33-48(35-50)63(7,8)9/h17-42H,1-16H3. The largest absolute Gasteiger partial charge is 0.458 e. The van der Waals surface area contributed by atoms with E-state index in [-0.39, 0.29) is 21.7 Å². The third kappa shape index (κ3) is 9.49. The van der Waals surface area contributed by atoms with Crippen LogP contribution in [0.4, 0.5) is 0 Å². The van der Waals surface area contributed by atoms with Crippen molar-refractivity contribution in [3.8, 4) is 28.7 Å². The van der Waals surface area contributed by atoms with Gasteiger partial charge in [0, 0.05) is 40.1 Å². The number of nitrogens with zero attached hydrogens (tertiary/aromatic N) is 4. The highest BCUT2D eigenvalue weighted by Crippen LogP contribution is 2.45. The first kappa shape index (κ1) is 49.3. The fourth-order valence-electron chi connectivity index (χ4n) is 9.99. The smallest absolute Gasteiger partial charge is 0.269 e. The van der Waals surface area contributed by atoms with Gasteiger partial charge in [-0.1, -0.05) is 196 Å². The van der Waals surface area contributed by atoms with Crippen molar-refractivity contribution in [1.82, 2.24) is 14.1 Å². The molecule has 0 N–H and O–H groups in total. The molecule has 9 rings (SSSR count). The number of pyridine rings is 1. The molecule has 9 aromatic rings. The van der Waals surface area contributed by atoms with Gasteiger partial charge in [0.25, 0.3) is 6.33 Å². The zero-order valence-corrected chi connectivity index (χ0v) is 45.2. The molecule has 71 heavy (non-hydrogen) atoms. The molecule has 0 saturated heterocycles. The summed E-state index contributed by atoms with van der Waals surface area (Å²) in [6, 6.07) is 53.1. The maximum Gasteiger partial charge on any atom is 0.269 e. The molecule has 0 atom stereocenters. The van der Waals surface area contributed by atoms with Gasteiger partial charge in [0.05, 0.1) is 28.1 Å². The van der Waals surface area contributed by atoms with Gasteiger partial charge in [-0.05, 0) is 115 Å². The van der Waals surface area contributed by atoms with Crippen LogP contribution in [0, 0.1) is 6.33 Å². The molecule has 5 nitrogen and oxygen atoms in total. The van der Waals surface area contributed by atoms with Gasteiger partial charge in [0.1, 0.15) is 17.3 Å². The Hall–Kier alpha value is -6.72. The molecule has 0 spiro atoms. The van der Waals surface area contributed by atoms with E-state index in [1.807, 2.05) is 6.20 Å². The lowest BCUT2D eigenvalue weighted by atomic mass is 9.76. The summed E-state index contributed by atoms with van der Waals surface area (Å²) in [5.41, 5.74) is 12.8. The summed E-state index contributed by atoms with van der Waals surface area (Å²) in [7, 11) is 0. The van der Waals surface area contributed by atoms with Crippen LogP contribution < -0.4 is 9.30 Å². The number of ether oxygens (including phenoxy) is 1. The molecule has 0 aliphatic rings. The third-order valence-electron chi connectivity index (χ3n) is 14.8. The molecule has 0 radical (unpaired) electrons. The molecule has 0 aliphatic carbocycles. The third-order valence-corrected chi connectivity index (χ3v) is 14.8. The molecule has 5 heteroatoms. The van der Waals surface area contributed by atoms with Crippen molar-refractivity contribution in [3.63, 3.8) is 0 Å². The van der Waals surface area contributed by atoms with Crippen molar-refractivity contribution >= 4 is 21.8 Å². The average molecular weight is 939 g/mol. The molecule has 3 heterocycles. The molecule has 0 unspecified atom stereocenters. The molecular weight excluding hydrogens is 865 g/mol. The molecule has 364 valence electrons. The zero-order chi connectivity index (χ0) is 51.1. The van der Waals surface area contributed by atoms with Gasteiger partial charge in [0.15, 0.2) is 0 Å². The second kappa shape index (κ2) is 17.5.